The van der Waals surface area contributed by atoms with Gasteiger partial charge in [0.1, 0.15) is 6.33 Å². The number of rotatable bonds is 7. The lowest BCUT2D eigenvalue weighted by Gasteiger charge is -2.23. The Morgan fingerprint density at radius 2 is 2.12 bits per heavy atom. The molecule has 25 heavy (non-hydrogen) atoms. The van der Waals surface area contributed by atoms with Gasteiger partial charge in [-0.2, -0.15) is 5.10 Å². The summed E-state index contributed by atoms with van der Waals surface area (Å²) in [6.45, 7) is 3.27. The molecule has 3 rings (SSSR count). The van der Waals surface area contributed by atoms with Crippen LogP contribution in [0.3, 0.4) is 0 Å². The van der Waals surface area contributed by atoms with E-state index in [2.05, 4.69) is 27.9 Å². The number of carbonyl (C=O) groups is 1. The van der Waals surface area contributed by atoms with Crippen LogP contribution >= 0.6 is 0 Å². The number of nitrogens with two attached hydrogens (primary N) is 1. The first kappa shape index (κ1) is 17.0. The molecule has 0 saturated heterocycles. The van der Waals surface area contributed by atoms with Gasteiger partial charge in [0.2, 0.25) is 5.91 Å². The van der Waals surface area contributed by atoms with Crippen LogP contribution in [0.25, 0.3) is 10.9 Å². The number of amides is 1. The van der Waals surface area contributed by atoms with E-state index in [1.165, 1.54) is 0 Å². The van der Waals surface area contributed by atoms with Crippen LogP contribution in [-0.2, 0) is 17.9 Å². The highest BCUT2D eigenvalue weighted by Crippen LogP contribution is 2.23. The summed E-state index contributed by atoms with van der Waals surface area (Å²) in [6, 6.07) is 10.1. The molecule has 2 N–H and O–H groups in total. The van der Waals surface area contributed by atoms with Gasteiger partial charge in [-0.1, -0.05) is 18.2 Å². The number of benzene rings is 1. The number of para-hydroxylation sites is 1. The second-order valence-corrected chi connectivity index (χ2v) is 6.13. The van der Waals surface area contributed by atoms with E-state index < -0.39 is 0 Å². The van der Waals surface area contributed by atoms with Crippen LogP contribution in [0.1, 0.15) is 30.8 Å². The van der Waals surface area contributed by atoms with Crippen molar-refractivity contribution in [1.82, 2.24) is 24.6 Å². The molecule has 0 spiro atoms. The fraction of sp³-hybridized carbons (Fsp3) is 0.333. The van der Waals surface area contributed by atoms with Crippen molar-refractivity contribution >= 4 is 16.8 Å². The van der Waals surface area contributed by atoms with E-state index in [-0.39, 0.29) is 18.4 Å². The summed E-state index contributed by atoms with van der Waals surface area (Å²) >= 11 is 0. The van der Waals surface area contributed by atoms with Gasteiger partial charge in [-0.25, -0.2) is 9.97 Å². The number of primary amides is 1. The van der Waals surface area contributed by atoms with Crippen LogP contribution < -0.4 is 5.73 Å². The van der Waals surface area contributed by atoms with Gasteiger partial charge in [0.25, 0.3) is 0 Å². The third kappa shape index (κ3) is 3.83. The van der Waals surface area contributed by atoms with Gasteiger partial charge in [0, 0.05) is 30.6 Å². The summed E-state index contributed by atoms with van der Waals surface area (Å²) in [5.41, 5.74) is 8.23. The first-order valence-electron chi connectivity index (χ1n) is 8.25. The van der Waals surface area contributed by atoms with Crippen molar-refractivity contribution in [1.29, 1.82) is 0 Å². The smallest absolute Gasteiger partial charge is 0.219 e. The van der Waals surface area contributed by atoms with Crippen molar-refractivity contribution in [2.24, 2.45) is 5.73 Å². The molecule has 0 saturated carbocycles. The number of aromatic nitrogens is 4. The van der Waals surface area contributed by atoms with E-state index in [0.29, 0.717) is 13.1 Å². The predicted molar refractivity (Wildman–Crippen MR) is 95.5 cm³/mol. The number of hydrogen-bond donors (Lipinski definition) is 1. The minimum Gasteiger partial charge on any atom is -0.370 e. The Morgan fingerprint density at radius 1 is 1.32 bits per heavy atom. The van der Waals surface area contributed by atoms with E-state index in [0.717, 1.165) is 22.3 Å². The number of hydrogen-bond acceptors (Lipinski definition) is 5. The molecular formula is C18H22N6O. The van der Waals surface area contributed by atoms with Crippen LogP contribution in [0.2, 0.25) is 0 Å². The zero-order chi connectivity index (χ0) is 17.8. The molecule has 0 bridgehead atoms. The highest BCUT2D eigenvalue weighted by atomic mass is 16.1. The number of carbonyl (C=O) groups excluding carboxylic acids is 1. The molecule has 1 atom stereocenters. The predicted octanol–water partition coefficient (Wildman–Crippen LogP) is 1.89. The van der Waals surface area contributed by atoms with Gasteiger partial charge >= 0.3 is 0 Å². The van der Waals surface area contributed by atoms with Crippen molar-refractivity contribution in [2.45, 2.75) is 32.5 Å². The summed E-state index contributed by atoms with van der Waals surface area (Å²) in [7, 11) is 2.05. The molecular weight excluding hydrogens is 316 g/mol. The molecule has 0 aliphatic carbocycles. The van der Waals surface area contributed by atoms with Crippen LogP contribution in [-0.4, -0.2) is 37.6 Å². The molecule has 2 heterocycles. The maximum absolute atomic E-state index is 11.1. The number of nitrogens with zero attached hydrogens (tertiary/aromatic N) is 5. The Morgan fingerprint density at radius 3 is 2.84 bits per heavy atom. The highest BCUT2D eigenvalue weighted by Gasteiger charge is 2.17. The molecule has 1 aromatic carbocycles. The summed E-state index contributed by atoms with van der Waals surface area (Å²) in [5.74, 6) is -0.323. The Balaban J connectivity index is 1.84. The maximum Gasteiger partial charge on any atom is 0.219 e. The van der Waals surface area contributed by atoms with Gasteiger partial charge < -0.3 is 5.73 Å². The lowest BCUT2D eigenvalue weighted by atomic mass is 10.1. The van der Waals surface area contributed by atoms with Crippen molar-refractivity contribution < 1.29 is 4.79 Å². The van der Waals surface area contributed by atoms with Crippen molar-refractivity contribution in [3.63, 3.8) is 0 Å². The quantitative estimate of drug-likeness (QED) is 0.710. The highest BCUT2D eigenvalue weighted by molar-refractivity contribution is 5.82. The zero-order valence-corrected chi connectivity index (χ0v) is 14.5. The van der Waals surface area contributed by atoms with Gasteiger partial charge in [-0.05, 0) is 26.1 Å². The Bertz CT molecular complexity index is 860. The molecule has 0 radical (unpaired) electrons. The fourth-order valence-corrected chi connectivity index (χ4v) is 2.85. The lowest BCUT2D eigenvalue weighted by Crippen LogP contribution is -2.23. The van der Waals surface area contributed by atoms with E-state index >= 15 is 0 Å². The summed E-state index contributed by atoms with van der Waals surface area (Å²) in [5, 5.41) is 5.80. The van der Waals surface area contributed by atoms with E-state index in [1.54, 1.807) is 12.5 Å². The SMILES string of the molecule is C[C@@H](c1ccncn1)N(C)Cc1nn(CCC(N)=O)c2ccccc12. The third-order valence-corrected chi connectivity index (χ3v) is 4.40. The summed E-state index contributed by atoms with van der Waals surface area (Å²) < 4.78 is 1.86. The molecule has 0 unspecified atom stereocenters. The number of aryl methyl sites for hydroxylation is 1. The minimum atomic E-state index is -0.323. The van der Waals surface area contributed by atoms with Gasteiger partial charge in [0.15, 0.2) is 0 Å². The van der Waals surface area contributed by atoms with Crippen molar-refractivity contribution in [3.05, 3.63) is 54.2 Å². The summed E-state index contributed by atoms with van der Waals surface area (Å²) in [6.07, 6.45) is 3.59. The first-order chi connectivity index (χ1) is 12.1. The Labute approximate surface area is 146 Å². The molecule has 2 aromatic heterocycles. The van der Waals surface area contributed by atoms with Crippen LogP contribution in [0.5, 0.6) is 0 Å². The molecule has 0 aliphatic rings. The fourth-order valence-electron chi connectivity index (χ4n) is 2.85. The van der Waals surface area contributed by atoms with E-state index in [4.69, 9.17) is 10.8 Å². The number of fused-ring (bicyclic) bond motifs is 1. The molecule has 0 aliphatic heterocycles. The van der Waals surface area contributed by atoms with Crippen molar-refractivity contribution in [3.8, 4) is 0 Å². The van der Waals surface area contributed by atoms with Gasteiger partial charge in [0.05, 0.1) is 23.4 Å². The van der Waals surface area contributed by atoms with Crippen LogP contribution in [0, 0.1) is 0 Å². The third-order valence-electron chi connectivity index (χ3n) is 4.40. The standard InChI is InChI=1S/C18H22N6O/c1-13(15-7-9-20-12-21-15)23(2)11-16-14-5-3-4-6-17(14)24(22-16)10-8-18(19)25/h3-7,9,12-13H,8,10-11H2,1-2H3,(H2,19,25)/t13-/m0/s1. The van der Waals surface area contributed by atoms with Crippen LogP contribution in [0.4, 0.5) is 0 Å². The van der Waals surface area contributed by atoms with Crippen LogP contribution in [0.15, 0.2) is 42.9 Å². The van der Waals surface area contributed by atoms with E-state index in [1.807, 2.05) is 36.0 Å². The minimum absolute atomic E-state index is 0.137. The average Bonchev–Trinajstić information content (AvgIpc) is 2.98. The molecule has 1 amide bonds. The topological polar surface area (TPSA) is 89.9 Å². The van der Waals surface area contributed by atoms with Crippen molar-refractivity contribution in [2.75, 3.05) is 7.05 Å². The average molecular weight is 338 g/mol. The second-order valence-electron chi connectivity index (χ2n) is 6.13. The van der Waals surface area contributed by atoms with Gasteiger partial charge in [-0.15, -0.1) is 0 Å². The molecule has 3 aromatic rings. The van der Waals surface area contributed by atoms with E-state index in [9.17, 15) is 4.79 Å². The molecule has 7 heteroatoms. The second kappa shape index (κ2) is 7.40. The monoisotopic (exact) mass is 338 g/mol. The molecule has 0 fully saturated rings. The lowest BCUT2D eigenvalue weighted by molar-refractivity contribution is -0.118. The Hall–Kier alpha value is -2.80. The normalized spacial score (nSPS) is 12.6. The van der Waals surface area contributed by atoms with Gasteiger partial charge in [-0.3, -0.25) is 14.4 Å². The largest absolute Gasteiger partial charge is 0.370 e. The first-order valence-corrected chi connectivity index (χ1v) is 8.25. The maximum atomic E-state index is 11.1. The Kier molecular flexibility index (Phi) is 5.04. The molecule has 130 valence electrons. The zero-order valence-electron chi connectivity index (χ0n) is 14.5. The molecule has 7 nitrogen and oxygen atoms in total. The summed E-state index contributed by atoms with van der Waals surface area (Å²) in [4.78, 5) is 21.6.